The first-order chi connectivity index (χ1) is 17.9. The summed E-state index contributed by atoms with van der Waals surface area (Å²) in [6.45, 7) is 21.2. The molecule has 0 fully saturated rings. The Balaban J connectivity index is 0.00000560. The quantitative estimate of drug-likeness (QED) is 0.225. The third-order valence-corrected chi connectivity index (χ3v) is 7.86. The van der Waals surface area contributed by atoms with Gasteiger partial charge in [0.25, 0.3) is 0 Å². The SMILES string of the molecule is CCC(C)(N)c1ccc(OCCc2coc(-c3cc(C(C)(C)C)c(O)c(C(C)(C)C)c3)n2)c(C(C)(N)CC)c1.Cl.Cl.O. The molecule has 3 rings (SSSR count). The van der Waals surface area contributed by atoms with Crippen molar-refractivity contribution in [1.29, 1.82) is 0 Å². The average molecular weight is 627 g/mol. The van der Waals surface area contributed by atoms with Crippen molar-refractivity contribution in [3.8, 4) is 23.0 Å². The number of hydrogen-bond donors (Lipinski definition) is 3. The number of ether oxygens (including phenoxy) is 1. The molecule has 0 saturated heterocycles. The van der Waals surface area contributed by atoms with Crippen LogP contribution in [-0.2, 0) is 28.3 Å². The van der Waals surface area contributed by atoms with Crippen molar-refractivity contribution >= 4 is 24.8 Å². The summed E-state index contributed by atoms with van der Waals surface area (Å²) in [5, 5.41) is 11.1. The second-order valence-corrected chi connectivity index (χ2v) is 13.4. The molecule has 2 atom stereocenters. The number of phenols is 1. The van der Waals surface area contributed by atoms with Gasteiger partial charge in [0.15, 0.2) is 0 Å². The summed E-state index contributed by atoms with van der Waals surface area (Å²) in [6, 6.07) is 10.1. The minimum atomic E-state index is -0.537. The molecule has 7 nitrogen and oxygen atoms in total. The van der Waals surface area contributed by atoms with E-state index in [4.69, 9.17) is 25.6 Å². The molecule has 0 saturated carbocycles. The van der Waals surface area contributed by atoms with Gasteiger partial charge in [-0.2, -0.15) is 0 Å². The Morgan fingerprint density at radius 2 is 1.33 bits per heavy atom. The molecular weight excluding hydrogens is 573 g/mol. The number of nitrogens with two attached hydrogens (primary N) is 2. The predicted octanol–water partition coefficient (Wildman–Crippen LogP) is 7.45. The topological polar surface area (TPSA) is 139 Å². The maximum atomic E-state index is 11.1. The van der Waals surface area contributed by atoms with E-state index < -0.39 is 11.1 Å². The van der Waals surface area contributed by atoms with Crippen LogP contribution in [0.15, 0.2) is 41.0 Å². The lowest BCUT2D eigenvalue weighted by atomic mass is 9.78. The number of aromatic nitrogens is 1. The predicted molar refractivity (Wildman–Crippen MR) is 178 cm³/mol. The summed E-state index contributed by atoms with van der Waals surface area (Å²) in [6.07, 6.45) is 3.86. The number of aromatic hydroxyl groups is 1. The Morgan fingerprint density at radius 3 is 1.81 bits per heavy atom. The lowest BCUT2D eigenvalue weighted by Gasteiger charge is -2.30. The number of phenolic OH excluding ortho intramolecular Hbond substituents is 1. The zero-order valence-electron chi connectivity index (χ0n) is 27.0. The van der Waals surface area contributed by atoms with Crippen LogP contribution in [0.3, 0.4) is 0 Å². The molecule has 0 radical (unpaired) electrons. The van der Waals surface area contributed by atoms with Crippen LogP contribution in [0.5, 0.6) is 11.5 Å². The van der Waals surface area contributed by atoms with Gasteiger partial charge in [-0.15, -0.1) is 24.8 Å². The fourth-order valence-electron chi connectivity index (χ4n) is 4.57. The Bertz CT molecular complexity index is 1270. The maximum Gasteiger partial charge on any atom is 0.226 e. The maximum absolute atomic E-state index is 11.1. The molecule has 2 aromatic carbocycles. The second kappa shape index (κ2) is 14.5. The molecule has 9 heteroatoms. The highest BCUT2D eigenvalue weighted by molar-refractivity contribution is 5.85. The van der Waals surface area contributed by atoms with Gasteiger partial charge in [-0.1, -0.05) is 61.5 Å². The van der Waals surface area contributed by atoms with Gasteiger partial charge in [-0.05, 0) is 67.3 Å². The first kappa shape index (κ1) is 39.7. The smallest absolute Gasteiger partial charge is 0.226 e. The van der Waals surface area contributed by atoms with Crippen LogP contribution in [0.2, 0.25) is 0 Å². The van der Waals surface area contributed by atoms with Gasteiger partial charge in [0.05, 0.1) is 12.3 Å². The van der Waals surface area contributed by atoms with Gasteiger partial charge in [0.1, 0.15) is 17.8 Å². The molecule has 0 aliphatic carbocycles. The minimum absolute atomic E-state index is 0. The van der Waals surface area contributed by atoms with E-state index in [-0.39, 0.29) is 41.1 Å². The van der Waals surface area contributed by atoms with Gasteiger partial charge in [0, 0.05) is 39.8 Å². The van der Waals surface area contributed by atoms with Crippen molar-refractivity contribution in [2.45, 2.75) is 110 Å². The zero-order valence-corrected chi connectivity index (χ0v) is 28.6. The molecule has 238 valence electrons. The van der Waals surface area contributed by atoms with Crippen molar-refractivity contribution in [3.63, 3.8) is 0 Å². The fourth-order valence-corrected chi connectivity index (χ4v) is 4.57. The molecule has 3 aromatic rings. The zero-order chi connectivity index (χ0) is 29.4. The van der Waals surface area contributed by atoms with E-state index in [2.05, 4.69) is 61.5 Å². The molecule has 2 unspecified atom stereocenters. The van der Waals surface area contributed by atoms with E-state index in [1.165, 1.54) is 0 Å². The number of halogens is 2. The van der Waals surface area contributed by atoms with Crippen LogP contribution >= 0.6 is 24.8 Å². The number of rotatable bonds is 9. The van der Waals surface area contributed by atoms with Crippen molar-refractivity contribution in [2.75, 3.05) is 6.61 Å². The summed E-state index contributed by atoms with van der Waals surface area (Å²) < 4.78 is 12.2. The number of hydrogen-bond acceptors (Lipinski definition) is 6. The first-order valence-electron chi connectivity index (χ1n) is 14.1. The van der Waals surface area contributed by atoms with Crippen molar-refractivity contribution in [1.82, 2.24) is 4.98 Å². The van der Waals surface area contributed by atoms with E-state index >= 15 is 0 Å². The standard InChI is InChI=1S/C33H49N3O3.2ClH.H2O/c1-11-32(9,34)22-13-14-27(24(19-22)33(10,35)12-2)38-16-15-23-20-39-29(36-23)21-17-25(30(3,4)5)28(37)26(18-21)31(6,7)8;;;/h13-14,17-20,37H,11-12,15-16,34-35H2,1-10H3;2*1H;1H2. The van der Waals surface area contributed by atoms with E-state index in [9.17, 15) is 5.11 Å². The monoisotopic (exact) mass is 625 g/mol. The Morgan fingerprint density at radius 1 is 0.810 bits per heavy atom. The average Bonchev–Trinajstić information content (AvgIpc) is 3.31. The highest BCUT2D eigenvalue weighted by atomic mass is 35.5. The number of benzene rings is 2. The first-order valence-corrected chi connectivity index (χ1v) is 14.1. The van der Waals surface area contributed by atoms with Gasteiger partial charge >= 0.3 is 0 Å². The Kier molecular flexibility index (Phi) is 13.7. The fraction of sp³-hybridized carbons (Fsp3) is 0.545. The normalized spacial score (nSPS) is 14.5. The van der Waals surface area contributed by atoms with Crippen LogP contribution in [0.25, 0.3) is 11.5 Å². The molecule has 0 aliphatic heterocycles. The molecule has 0 amide bonds. The minimum Gasteiger partial charge on any atom is -0.507 e. The largest absolute Gasteiger partial charge is 0.507 e. The van der Waals surface area contributed by atoms with E-state index in [1.54, 1.807) is 6.26 Å². The summed E-state index contributed by atoms with van der Waals surface area (Å²) >= 11 is 0. The number of oxazole rings is 1. The van der Waals surface area contributed by atoms with Crippen molar-refractivity contribution < 1.29 is 19.7 Å². The lowest BCUT2D eigenvalue weighted by molar-refractivity contribution is 0.306. The van der Waals surface area contributed by atoms with Gasteiger partial charge in [-0.25, -0.2) is 4.98 Å². The Hall–Kier alpha value is -2.29. The van der Waals surface area contributed by atoms with Crippen LogP contribution < -0.4 is 16.2 Å². The molecular formula is C33H53Cl2N3O4. The van der Waals surface area contributed by atoms with Crippen molar-refractivity contribution in [3.05, 3.63) is 64.5 Å². The van der Waals surface area contributed by atoms with Gasteiger partial charge in [0.2, 0.25) is 5.89 Å². The number of nitrogens with zero attached hydrogens (tertiary/aromatic N) is 1. The van der Waals surface area contributed by atoms with E-state index in [0.717, 1.165) is 52.1 Å². The third kappa shape index (κ3) is 8.87. The summed E-state index contributed by atoms with van der Waals surface area (Å²) in [7, 11) is 0. The summed E-state index contributed by atoms with van der Waals surface area (Å²) in [4.78, 5) is 4.76. The highest BCUT2D eigenvalue weighted by Crippen LogP contribution is 2.42. The van der Waals surface area contributed by atoms with E-state index in [1.807, 2.05) is 38.1 Å². The molecule has 42 heavy (non-hydrogen) atoms. The molecule has 1 heterocycles. The summed E-state index contributed by atoms with van der Waals surface area (Å²) in [5.74, 6) is 1.64. The van der Waals surface area contributed by atoms with Crippen LogP contribution in [0, 0.1) is 0 Å². The van der Waals surface area contributed by atoms with Crippen LogP contribution in [-0.4, -0.2) is 22.2 Å². The molecule has 0 spiro atoms. The third-order valence-electron chi connectivity index (χ3n) is 7.86. The van der Waals surface area contributed by atoms with Crippen LogP contribution in [0.4, 0.5) is 0 Å². The highest BCUT2D eigenvalue weighted by Gasteiger charge is 2.29. The molecule has 1 aromatic heterocycles. The second-order valence-electron chi connectivity index (χ2n) is 13.4. The van der Waals surface area contributed by atoms with E-state index in [0.29, 0.717) is 24.7 Å². The summed E-state index contributed by atoms with van der Waals surface area (Å²) in [5.41, 5.74) is 17.2. The molecule has 7 N–H and O–H groups in total. The Labute approximate surface area is 265 Å². The van der Waals surface area contributed by atoms with Gasteiger partial charge in [-0.3, -0.25) is 0 Å². The van der Waals surface area contributed by atoms with Crippen LogP contribution in [0.1, 0.15) is 110 Å². The lowest BCUT2D eigenvalue weighted by Crippen LogP contribution is -2.35. The van der Waals surface area contributed by atoms with Crippen molar-refractivity contribution in [2.24, 2.45) is 11.5 Å². The molecule has 0 bridgehead atoms. The molecule has 0 aliphatic rings. The van der Waals surface area contributed by atoms with Gasteiger partial charge < -0.3 is 31.2 Å².